The second-order valence-corrected chi connectivity index (χ2v) is 21.6. The van der Waals surface area contributed by atoms with Crippen molar-refractivity contribution in [3.8, 4) is 11.5 Å². The number of urea groups is 1. The van der Waals surface area contributed by atoms with E-state index in [2.05, 4.69) is 66.1 Å². The van der Waals surface area contributed by atoms with Gasteiger partial charge in [0.2, 0.25) is 12.0 Å². The summed E-state index contributed by atoms with van der Waals surface area (Å²) in [5.74, 6) is -0.352. The largest absolute Gasteiger partial charge is 0.710 e. The number of hydrogen-bond acceptors (Lipinski definition) is 31. The van der Waals surface area contributed by atoms with Crippen molar-refractivity contribution in [2.45, 2.75) is 13.0 Å². The minimum atomic E-state index is -3.72. The number of ether oxygens (including phenoxy) is 2. The van der Waals surface area contributed by atoms with Gasteiger partial charge in [-0.05, 0) is 101 Å². The van der Waals surface area contributed by atoms with Crippen molar-refractivity contribution >= 4 is 91.0 Å². The number of pyridine rings is 5. The number of phenolic OH excluding ortho intramolecular Hbond substituents is 1. The molecule has 10 N–H and O–H groups in total. The summed E-state index contributed by atoms with van der Waals surface area (Å²) >= 11 is 0. The second-order valence-electron chi connectivity index (χ2n) is 20.0. The minimum Gasteiger partial charge on any atom is -0.710 e. The Morgan fingerprint density at radius 3 is 1.96 bits per heavy atom. The summed E-state index contributed by atoms with van der Waals surface area (Å²) in [4.78, 5) is 63.3. The molecule has 39 heteroatoms. The maximum absolute atomic E-state index is 11.9. The van der Waals surface area contributed by atoms with Gasteiger partial charge in [-0.25, -0.2) is 17.9 Å². The number of rotatable bonds is 10. The number of aromatic hydroxyl groups is 1. The fraction of sp³-hybridized carbons (Fsp3) is 0.148. The van der Waals surface area contributed by atoms with Crippen LogP contribution in [-0.4, -0.2) is 132 Å². The number of imide groups is 2. The first-order chi connectivity index (χ1) is 47.9. The summed E-state index contributed by atoms with van der Waals surface area (Å²) in [6, 6.07) is 31.0. The predicted molar refractivity (Wildman–Crippen MR) is 347 cm³/mol. The van der Waals surface area contributed by atoms with E-state index in [1.165, 1.54) is 80.2 Å². The molecule has 1 atom stereocenters. The van der Waals surface area contributed by atoms with Crippen LogP contribution in [0, 0.1) is 10.4 Å². The normalized spacial score (nSPS) is 16.6. The highest BCUT2D eigenvalue weighted by atomic mass is 32.2. The van der Waals surface area contributed by atoms with Crippen molar-refractivity contribution in [2.24, 2.45) is 56.8 Å². The smallest absolute Gasteiger partial charge is 0.388 e. The van der Waals surface area contributed by atoms with Crippen LogP contribution >= 0.6 is 0 Å². The highest BCUT2D eigenvalue weighted by molar-refractivity contribution is 7.85. The van der Waals surface area contributed by atoms with Gasteiger partial charge in [0.05, 0.1) is 45.4 Å². The molecule has 2 aromatic carbocycles. The molecule has 0 bridgehead atoms. The zero-order chi connectivity index (χ0) is 72.3. The highest BCUT2D eigenvalue weighted by Gasteiger charge is 2.40. The lowest BCUT2D eigenvalue weighted by molar-refractivity contribution is -0.875. The lowest BCUT2D eigenvalue weighted by Crippen LogP contribution is -2.58. The number of phenols is 1. The molecule has 7 aromatic rings. The fourth-order valence-electron chi connectivity index (χ4n) is 7.75. The molecule has 2 saturated heterocycles. The molecular formula is C61H61N21O17S. The number of nitrogens with two attached hydrogens (primary N) is 2. The van der Waals surface area contributed by atoms with Gasteiger partial charge in [0.25, 0.3) is 28.0 Å². The van der Waals surface area contributed by atoms with Crippen LogP contribution in [0.1, 0.15) is 6.92 Å². The number of allylic oxidation sites excluding steroid dienone is 5. The van der Waals surface area contributed by atoms with E-state index < -0.39 is 34.0 Å². The molecule has 5 aliphatic rings. The van der Waals surface area contributed by atoms with Gasteiger partial charge in [0, 0.05) is 86.8 Å². The van der Waals surface area contributed by atoms with Gasteiger partial charge in [-0.15, -0.1) is 25.5 Å². The molecule has 0 radical (unpaired) electrons. The Morgan fingerprint density at radius 1 is 0.680 bits per heavy atom. The molecule has 2 aliphatic carbocycles. The number of likely N-dealkylation sites (N-methyl/N-ethyl adjacent to an activating group) is 1. The number of carbonyl (C=O) groups excluding carboxylic acids is 5. The standard InChI is InChI=1S/C14H14N4O3.C13H12N4O3.C12H12N4O2.C11H10N4O.C10H9N5O4.CH4O4S/c1-20-18-6-3-2-4-14(18)17-16-10-9-13-11(8-12(10)19)15-5-7-21-13;18-11-7-10-12(20-6-4-14-10)8-9(11)15-16-13-3-1-2-5-17(13)19;1-8-6-10(9(13)7-11(8)17)14-15-12-4-2-3-5-16(12)18;12-9-3-5-10(6-4-9)13-14-11-2-1-7-15(16)8-11;1-14-9(17)7(8(16)11-10(14)18)13-12-6-4-2-3-5-15(6)19;1-6(3,4)5-2/h2-4,6,8-9H,5,7H2,1H3,(H,15,19);1-3,5,7-8,14,19H,4,6H2;2-7,18H,13H2,1H3;1-8H,12H2;2-5,7H,1H3,(H,11,16,18);2H,1H3. The maximum atomic E-state index is 11.9. The Morgan fingerprint density at radius 2 is 1.31 bits per heavy atom. The SMILES string of the molecule is CC1=CC(=NN=c2ccccn2O)C(N)=CC1=O.CN1C(=O)NC(=O)C(N=Nc2cccc[n+]2[O-])C1=O.CO[n+]1ccccc1N=Nc1cc2c(cc1O)NCCO2.CS(=O)(=O)O[O-].Nc1ccc(N=Nc2ccc[n+]([O-])c2)cc1.O=C1C=C2NCCOC2=CC1=NN=c1ccccn1O. The van der Waals surface area contributed by atoms with Gasteiger partial charge in [0.15, 0.2) is 34.3 Å². The average Bonchev–Trinajstić information content (AvgIpc) is 0.863. The summed E-state index contributed by atoms with van der Waals surface area (Å²) < 4.78 is 36.8. The number of carbonyl (C=O) groups is 5. The van der Waals surface area contributed by atoms with E-state index in [1.807, 2.05) is 17.4 Å². The van der Waals surface area contributed by atoms with Gasteiger partial charge >= 0.3 is 17.7 Å². The van der Waals surface area contributed by atoms with Crippen LogP contribution in [0.5, 0.6) is 11.5 Å². The second kappa shape index (κ2) is 35.7. The van der Waals surface area contributed by atoms with Gasteiger partial charge in [-0.1, -0.05) is 23.3 Å². The first-order valence-electron chi connectivity index (χ1n) is 28.8. The van der Waals surface area contributed by atoms with Gasteiger partial charge in [0.1, 0.15) is 55.2 Å². The third-order valence-electron chi connectivity index (χ3n) is 12.7. The van der Waals surface area contributed by atoms with E-state index in [9.17, 15) is 58.3 Å². The minimum absolute atomic E-state index is 0.0374. The molecule has 518 valence electrons. The third-order valence-corrected chi connectivity index (χ3v) is 13.0. The number of benzene rings is 2. The molecule has 1 unspecified atom stereocenters. The van der Waals surface area contributed by atoms with Crippen molar-refractivity contribution in [2.75, 3.05) is 57.8 Å². The van der Waals surface area contributed by atoms with E-state index in [0.717, 1.165) is 20.0 Å². The van der Waals surface area contributed by atoms with Gasteiger partial charge in [-0.2, -0.15) is 19.3 Å². The van der Waals surface area contributed by atoms with E-state index in [1.54, 1.807) is 116 Å². The first kappa shape index (κ1) is 73.7. The predicted octanol–water partition coefficient (Wildman–Crippen LogP) is 2.30. The van der Waals surface area contributed by atoms with E-state index in [4.69, 9.17) is 31.0 Å². The molecule has 0 saturated carbocycles. The van der Waals surface area contributed by atoms with Crippen LogP contribution < -0.4 is 67.4 Å². The lowest BCUT2D eigenvalue weighted by Gasteiger charge is -2.23. The number of morpholine rings is 1. The molecular weight excluding hydrogens is 1330 g/mol. The monoisotopic (exact) mass is 1390 g/mol. The zero-order valence-electron chi connectivity index (χ0n) is 53.0. The summed E-state index contributed by atoms with van der Waals surface area (Å²) in [5, 5.41) is 107. The number of aromatic nitrogens is 5. The summed E-state index contributed by atoms with van der Waals surface area (Å²) in [6.45, 7) is 4.18. The van der Waals surface area contributed by atoms with Gasteiger partial charge in [-0.3, -0.25) is 29.4 Å². The Labute approximate surface area is 565 Å². The quantitative estimate of drug-likeness (QED) is 0.00930. The van der Waals surface area contributed by atoms with E-state index in [-0.39, 0.29) is 45.5 Å². The van der Waals surface area contributed by atoms with Crippen LogP contribution in [0.15, 0.2) is 257 Å². The number of anilines is 2. The molecule has 4 amide bonds. The fourth-order valence-corrected chi connectivity index (χ4v) is 7.75. The van der Waals surface area contributed by atoms with Crippen molar-refractivity contribution in [1.29, 1.82) is 0 Å². The van der Waals surface area contributed by atoms with Crippen LogP contribution in [0.2, 0.25) is 0 Å². The molecule has 2 fully saturated rings. The Bertz CT molecular complexity index is 4740. The molecule has 0 spiro atoms. The van der Waals surface area contributed by atoms with Crippen molar-refractivity contribution in [3.05, 3.63) is 227 Å². The number of nitrogens with zero attached hydrogens (tertiary/aromatic N) is 16. The molecule has 100 heavy (non-hydrogen) atoms. The van der Waals surface area contributed by atoms with Crippen LogP contribution in [0.25, 0.3) is 0 Å². The van der Waals surface area contributed by atoms with E-state index in [0.29, 0.717) is 99.1 Å². The number of amides is 4. The molecule has 12 rings (SSSR count). The summed E-state index contributed by atoms with van der Waals surface area (Å²) in [6.07, 6.45) is 15.0. The number of nitrogens with one attached hydrogen (secondary N) is 3. The first-order valence-corrected chi connectivity index (χ1v) is 30.6. The highest BCUT2D eigenvalue weighted by Crippen LogP contribution is 2.39. The summed E-state index contributed by atoms with van der Waals surface area (Å²) in [7, 11) is -0.970. The maximum Gasteiger partial charge on any atom is 0.388 e. The molecule has 38 nitrogen and oxygen atoms in total. The number of hydrogen-bond donors (Lipinski definition) is 8. The number of nitrogen functional groups attached to an aromatic ring is 1. The van der Waals surface area contributed by atoms with E-state index >= 15 is 0 Å². The van der Waals surface area contributed by atoms with Crippen LogP contribution in [0.3, 0.4) is 0 Å². The van der Waals surface area contributed by atoms with Crippen LogP contribution in [-0.2, 0) is 38.4 Å². The third kappa shape index (κ3) is 22.2. The summed E-state index contributed by atoms with van der Waals surface area (Å²) in [5.41, 5.74) is 16.7. The average molecular weight is 1390 g/mol. The molecule has 5 aromatic heterocycles. The van der Waals surface area contributed by atoms with Crippen molar-refractivity contribution in [3.63, 3.8) is 0 Å². The molecule has 3 aliphatic heterocycles. The Balaban J connectivity index is 0.000000172. The van der Waals surface area contributed by atoms with Gasteiger partial charge < -0.3 is 71.9 Å². The van der Waals surface area contributed by atoms with Crippen molar-refractivity contribution < 1.29 is 86.0 Å². The number of barbiturate groups is 1. The zero-order valence-corrected chi connectivity index (χ0v) is 53.8. The lowest BCUT2D eigenvalue weighted by atomic mass is 10.0. The number of azo groups is 3. The molecule has 8 heterocycles. The Kier molecular flexibility index (Phi) is 26.3. The van der Waals surface area contributed by atoms with Crippen LogP contribution in [0.4, 0.5) is 44.9 Å². The Hall–Kier alpha value is -13.7. The number of ketones is 2. The topological polar surface area (TPSA) is 523 Å². The number of fused-ring (bicyclic) bond motifs is 2. The van der Waals surface area contributed by atoms with Crippen molar-refractivity contribution in [1.82, 2.24) is 25.0 Å².